The quantitative estimate of drug-likeness (QED) is 0.544. The Hall–Kier alpha value is -2.07. The molecule has 0 saturated heterocycles. The fourth-order valence-corrected chi connectivity index (χ4v) is 1.51. The number of allylic oxidation sites excluding steroid dienone is 5. The average molecular weight is 209 g/mol. The van der Waals surface area contributed by atoms with E-state index < -0.39 is 0 Å². The van der Waals surface area contributed by atoms with Crippen LogP contribution in [0.5, 0.6) is 0 Å². The number of hydrogen-bond acceptors (Lipinski definition) is 1. The van der Waals surface area contributed by atoms with Crippen LogP contribution in [0.15, 0.2) is 54.6 Å². The van der Waals surface area contributed by atoms with Gasteiger partial charge in [0, 0.05) is 6.08 Å². The predicted octanol–water partition coefficient (Wildman–Crippen LogP) is 4.03. The van der Waals surface area contributed by atoms with E-state index in [-0.39, 0.29) is 0 Å². The smallest absolute Gasteiger partial charge is 0.0918 e. The van der Waals surface area contributed by atoms with Gasteiger partial charge < -0.3 is 0 Å². The van der Waals surface area contributed by atoms with Crippen molar-refractivity contribution in [1.82, 2.24) is 0 Å². The summed E-state index contributed by atoms with van der Waals surface area (Å²) < 4.78 is 0. The molecule has 0 spiro atoms. The van der Waals surface area contributed by atoms with E-state index in [1.165, 1.54) is 5.56 Å². The van der Waals surface area contributed by atoms with Crippen LogP contribution in [-0.2, 0) is 0 Å². The van der Waals surface area contributed by atoms with Crippen molar-refractivity contribution in [2.75, 3.05) is 0 Å². The van der Waals surface area contributed by atoms with Crippen molar-refractivity contribution in [2.24, 2.45) is 0 Å². The second-order valence-corrected chi connectivity index (χ2v) is 3.50. The summed E-state index contributed by atoms with van der Waals surface area (Å²) in [6.45, 7) is 7.74. The first-order valence-electron chi connectivity index (χ1n) is 5.19. The SMILES string of the molecule is C=CC(=CC)C(=CC#N)c1ccc(C)cc1. The van der Waals surface area contributed by atoms with Gasteiger partial charge in [0.2, 0.25) is 0 Å². The molecule has 0 fully saturated rings. The van der Waals surface area contributed by atoms with Crippen LogP contribution in [0.3, 0.4) is 0 Å². The van der Waals surface area contributed by atoms with Crippen molar-refractivity contribution in [1.29, 1.82) is 5.26 Å². The molecular formula is C15H15N. The van der Waals surface area contributed by atoms with E-state index in [0.29, 0.717) is 0 Å². The fourth-order valence-electron chi connectivity index (χ4n) is 1.51. The normalized spacial score (nSPS) is 12.1. The van der Waals surface area contributed by atoms with Gasteiger partial charge in [-0.2, -0.15) is 5.26 Å². The maximum absolute atomic E-state index is 8.80. The molecule has 0 amide bonds. The molecule has 0 unspecified atom stereocenters. The highest BCUT2D eigenvalue weighted by Crippen LogP contribution is 2.23. The highest BCUT2D eigenvalue weighted by Gasteiger charge is 2.03. The van der Waals surface area contributed by atoms with E-state index in [9.17, 15) is 0 Å². The van der Waals surface area contributed by atoms with Gasteiger partial charge in [-0.05, 0) is 30.6 Å². The summed E-state index contributed by atoms with van der Waals surface area (Å²) >= 11 is 0. The van der Waals surface area contributed by atoms with E-state index in [0.717, 1.165) is 16.7 Å². The summed E-state index contributed by atoms with van der Waals surface area (Å²) in [6, 6.07) is 10.2. The Labute approximate surface area is 97.0 Å². The van der Waals surface area contributed by atoms with Gasteiger partial charge >= 0.3 is 0 Å². The first kappa shape index (κ1) is 12.0. The maximum Gasteiger partial charge on any atom is 0.0918 e. The Morgan fingerprint density at radius 2 is 1.94 bits per heavy atom. The molecule has 0 aromatic heterocycles. The maximum atomic E-state index is 8.80. The van der Waals surface area contributed by atoms with Crippen molar-refractivity contribution in [3.8, 4) is 6.07 Å². The molecule has 1 heteroatoms. The Balaban J connectivity index is 3.25. The molecule has 0 atom stereocenters. The van der Waals surface area contributed by atoms with E-state index in [1.54, 1.807) is 12.2 Å². The van der Waals surface area contributed by atoms with Crippen LogP contribution in [0, 0.1) is 18.3 Å². The van der Waals surface area contributed by atoms with Crippen molar-refractivity contribution < 1.29 is 0 Å². The highest BCUT2D eigenvalue weighted by molar-refractivity contribution is 5.82. The third-order valence-corrected chi connectivity index (χ3v) is 2.41. The largest absolute Gasteiger partial charge is 0.193 e. The lowest BCUT2D eigenvalue weighted by atomic mass is 9.97. The number of benzene rings is 1. The first-order chi connectivity index (χ1) is 7.72. The van der Waals surface area contributed by atoms with Gasteiger partial charge in [0.15, 0.2) is 0 Å². The van der Waals surface area contributed by atoms with Crippen molar-refractivity contribution in [2.45, 2.75) is 13.8 Å². The summed E-state index contributed by atoms with van der Waals surface area (Å²) in [6.07, 6.45) is 5.28. The van der Waals surface area contributed by atoms with Crippen molar-refractivity contribution >= 4 is 5.57 Å². The highest BCUT2D eigenvalue weighted by atomic mass is 14.2. The van der Waals surface area contributed by atoms with E-state index in [4.69, 9.17) is 5.26 Å². The summed E-state index contributed by atoms with van der Waals surface area (Å²) in [5, 5.41) is 8.80. The molecule has 16 heavy (non-hydrogen) atoms. The monoisotopic (exact) mass is 209 g/mol. The Bertz CT molecular complexity index is 467. The molecule has 1 aromatic rings. The van der Waals surface area contributed by atoms with Gasteiger partial charge in [0.25, 0.3) is 0 Å². The lowest BCUT2D eigenvalue weighted by molar-refractivity contribution is 1.44. The van der Waals surface area contributed by atoms with Crippen LogP contribution in [0.4, 0.5) is 0 Å². The van der Waals surface area contributed by atoms with E-state index >= 15 is 0 Å². The van der Waals surface area contributed by atoms with Crippen LogP contribution in [0.25, 0.3) is 5.57 Å². The zero-order chi connectivity index (χ0) is 12.0. The minimum Gasteiger partial charge on any atom is -0.193 e. The number of hydrogen-bond donors (Lipinski definition) is 0. The molecular weight excluding hydrogens is 194 g/mol. The molecule has 0 aliphatic heterocycles. The molecule has 1 aromatic carbocycles. The topological polar surface area (TPSA) is 23.8 Å². The van der Waals surface area contributed by atoms with E-state index in [1.807, 2.05) is 44.2 Å². The minimum atomic E-state index is 0.917. The Morgan fingerprint density at radius 3 is 2.38 bits per heavy atom. The van der Waals surface area contributed by atoms with Crippen LogP contribution in [-0.4, -0.2) is 0 Å². The number of rotatable bonds is 3. The number of nitriles is 1. The Kier molecular flexibility index (Phi) is 4.29. The lowest BCUT2D eigenvalue weighted by Gasteiger charge is -2.07. The number of aryl methyl sites for hydroxylation is 1. The molecule has 0 radical (unpaired) electrons. The third-order valence-electron chi connectivity index (χ3n) is 2.41. The molecule has 80 valence electrons. The van der Waals surface area contributed by atoms with Crippen LogP contribution in [0.1, 0.15) is 18.1 Å². The fraction of sp³-hybridized carbons (Fsp3) is 0.133. The standard InChI is InChI=1S/C15H15N/c1-4-13(5-2)15(10-11-16)14-8-6-12(3)7-9-14/h4-10H,1H2,2-3H3. The molecule has 0 bridgehead atoms. The lowest BCUT2D eigenvalue weighted by Crippen LogP contribution is -1.87. The molecule has 0 aliphatic rings. The molecule has 1 nitrogen and oxygen atoms in total. The van der Waals surface area contributed by atoms with Gasteiger partial charge in [-0.1, -0.05) is 48.6 Å². The zero-order valence-corrected chi connectivity index (χ0v) is 9.70. The molecule has 0 N–H and O–H groups in total. The Morgan fingerprint density at radius 1 is 1.31 bits per heavy atom. The average Bonchev–Trinajstić information content (AvgIpc) is 2.31. The van der Waals surface area contributed by atoms with Crippen LogP contribution < -0.4 is 0 Å². The number of nitrogens with zero attached hydrogens (tertiary/aromatic N) is 1. The first-order valence-corrected chi connectivity index (χ1v) is 5.19. The summed E-state index contributed by atoms with van der Waals surface area (Å²) in [7, 11) is 0. The van der Waals surface area contributed by atoms with E-state index in [2.05, 4.69) is 12.6 Å². The van der Waals surface area contributed by atoms with Crippen LogP contribution >= 0.6 is 0 Å². The van der Waals surface area contributed by atoms with Crippen molar-refractivity contribution in [3.05, 3.63) is 65.8 Å². The van der Waals surface area contributed by atoms with Gasteiger partial charge in [-0.25, -0.2) is 0 Å². The van der Waals surface area contributed by atoms with Crippen LogP contribution in [0.2, 0.25) is 0 Å². The van der Waals surface area contributed by atoms with Gasteiger partial charge in [-0.15, -0.1) is 0 Å². The summed E-state index contributed by atoms with van der Waals surface area (Å²) in [4.78, 5) is 0. The third kappa shape index (κ3) is 2.71. The van der Waals surface area contributed by atoms with Gasteiger partial charge in [-0.3, -0.25) is 0 Å². The molecule has 0 aliphatic carbocycles. The summed E-state index contributed by atoms with van der Waals surface area (Å²) in [5.41, 5.74) is 4.14. The summed E-state index contributed by atoms with van der Waals surface area (Å²) in [5.74, 6) is 0. The second kappa shape index (κ2) is 5.72. The van der Waals surface area contributed by atoms with Crippen molar-refractivity contribution in [3.63, 3.8) is 0 Å². The molecule has 0 saturated carbocycles. The predicted molar refractivity (Wildman–Crippen MR) is 68.7 cm³/mol. The molecule has 1 rings (SSSR count). The molecule has 0 heterocycles. The van der Waals surface area contributed by atoms with Gasteiger partial charge in [0.05, 0.1) is 6.07 Å². The minimum absolute atomic E-state index is 0.917. The second-order valence-electron chi connectivity index (χ2n) is 3.50. The van der Waals surface area contributed by atoms with Gasteiger partial charge in [0.1, 0.15) is 0 Å². The zero-order valence-electron chi connectivity index (χ0n) is 9.70.